The van der Waals surface area contributed by atoms with E-state index in [0.29, 0.717) is 11.3 Å². The maximum absolute atomic E-state index is 13.8. The van der Waals surface area contributed by atoms with Crippen LogP contribution >= 0.6 is 0 Å². The summed E-state index contributed by atoms with van der Waals surface area (Å²) in [7, 11) is 1.46. The number of amides is 1. The van der Waals surface area contributed by atoms with Gasteiger partial charge in [0.25, 0.3) is 0 Å². The molecular formula is C13H19FN2O2. The molecule has 18 heavy (non-hydrogen) atoms. The molecule has 1 unspecified atom stereocenters. The third-order valence-electron chi connectivity index (χ3n) is 3.00. The monoisotopic (exact) mass is 254 g/mol. The van der Waals surface area contributed by atoms with Gasteiger partial charge in [-0.1, -0.05) is 19.9 Å². The zero-order valence-electron chi connectivity index (χ0n) is 10.9. The number of hydrogen-bond acceptors (Lipinski definition) is 3. The second-order valence-corrected chi connectivity index (χ2v) is 4.95. The number of hydrogen-bond donors (Lipinski definition) is 2. The molecule has 0 radical (unpaired) electrons. The van der Waals surface area contributed by atoms with Crippen LogP contribution in [0.2, 0.25) is 0 Å². The van der Waals surface area contributed by atoms with Gasteiger partial charge in [0.2, 0.25) is 5.91 Å². The van der Waals surface area contributed by atoms with Crippen molar-refractivity contribution in [2.24, 2.45) is 16.9 Å². The molecule has 1 amide bonds. The number of benzene rings is 1. The van der Waals surface area contributed by atoms with Crippen LogP contribution in [-0.4, -0.2) is 13.0 Å². The fourth-order valence-corrected chi connectivity index (χ4v) is 1.70. The first kappa shape index (κ1) is 14.4. The Morgan fingerprint density at radius 1 is 1.50 bits per heavy atom. The summed E-state index contributed by atoms with van der Waals surface area (Å²) in [5, 5.41) is 0. The zero-order valence-corrected chi connectivity index (χ0v) is 10.9. The number of methoxy groups -OCH3 is 1. The van der Waals surface area contributed by atoms with Crippen molar-refractivity contribution in [3.63, 3.8) is 0 Å². The molecule has 0 bridgehead atoms. The van der Waals surface area contributed by atoms with Crippen LogP contribution in [0.5, 0.6) is 5.75 Å². The van der Waals surface area contributed by atoms with Crippen LogP contribution in [0.15, 0.2) is 18.2 Å². The topological polar surface area (TPSA) is 78.3 Å². The number of nitrogens with two attached hydrogens (primary N) is 2. The maximum Gasteiger partial charge on any atom is 0.223 e. The van der Waals surface area contributed by atoms with E-state index in [9.17, 15) is 9.18 Å². The van der Waals surface area contributed by atoms with Gasteiger partial charge in [-0.05, 0) is 12.5 Å². The van der Waals surface area contributed by atoms with Gasteiger partial charge < -0.3 is 16.2 Å². The van der Waals surface area contributed by atoms with Gasteiger partial charge in [0, 0.05) is 23.1 Å². The van der Waals surface area contributed by atoms with Crippen molar-refractivity contribution in [2.45, 2.75) is 26.3 Å². The van der Waals surface area contributed by atoms with Gasteiger partial charge >= 0.3 is 0 Å². The number of rotatable bonds is 5. The second-order valence-electron chi connectivity index (χ2n) is 4.95. The lowest BCUT2D eigenvalue weighted by Crippen LogP contribution is -2.34. The van der Waals surface area contributed by atoms with Crippen LogP contribution in [-0.2, 0) is 4.79 Å². The molecule has 100 valence electrons. The molecule has 0 aliphatic rings. The molecule has 1 aromatic carbocycles. The number of primary amides is 1. The minimum Gasteiger partial charge on any atom is -0.497 e. The molecule has 0 fully saturated rings. The summed E-state index contributed by atoms with van der Waals surface area (Å²) in [5.41, 5.74) is 10.8. The summed E-state index contributed by atoms with van der Waals surface area (Å²) in [4.78, 5) is 11.2. The molecule has 0 aromatic heterocycles. The molecule has 5 heteroatoms. The molecule has 0 aliphatic heterocycles. The predicted octanol–water partition coefficient (Wildman–Crippen LogP) is 1.74. The van der Waals surface area contributed by atoms with Crippen LogP contribution in [0.25, 0.3) is 0 Å². The summed E-state index contributed by atoms with van der Waals surface area (Å²) in [5.74, 6) is -0.466. The van der Waals surface area contributed by atoms with Crippen LogP contribution < -0.4 is 16.2 Å². The predicted molar refractivity (Wildman–Crippen MR) is 67.5 cm³/mol. The van der Waals surface area contributed by atoms with Gasteiger partial charge in [-0.15, -0.1) is 0 Å². The number of carbonyl (C=O) groups is 1. The Kier molecular flexibility index (Phi) is 4.29. The normalized spacial score (nSPS) is 13.2. The molecule has 0 spiro atoms. The van der Waals surface area contributed by atoms with E-state index < -0.39 is 23.2 Å². The largest absolute Gasteiger partial charge is 0.497 e. The van der Waals surface area contributed by atoms with Gasteiger partial charge in [-0.25, -0.2) is 4.39 Å². The van der Waals surface area contributed by atoms with E-state index in [0.717, 1.165) is 0 Å². The van der Waals surface area contributed by atoms with Gasteiger partial charge in [0.1, 0.15) is 11.6 Å². The van der Waals surface area contributed by atoms with Gasteiger partial charge in [0.05, 0.1) is 7.11 Å². The lowest BCUT2D eigenvalue weighted by Gasteiger charge is -2.25. The van der Waals surface area contributed by atoms with E-state index in [1.54, 1.807) is 26.0 Å². The standard InChI is InChI=1S/C13H19FN2O2/c1-13(2,12(16)17)7-11(15)9-5-4-8(18-3)6-10(9)14/h4-6,11H,7,15H2,1-3H3,(H2,16,17). The zero-order chi connectivity index (χ0) is 13.9. The van der Waals surface area contributed by atoms with Crippen molar-refractivity contribution in [3.05, 3.63) is 29.6 Å². The molecule has 0 saturated carbocycles. The summed E-state index contributed by atoms with van der Waals surface area (Å²) >= 11 is 0. The van der Waals surface area contributed by atoms with Crippen LogP contribution in [0.4, 0.5) is 4.39 Å². The smallest absolute Gasteiger partial charge is 0.223 e. The van der Waals surface area contributed by atoms with E-state index in [-0.39, 0.29) is 6.42 Å². The Hall–Kier alpha value is -1.62. The third-order valence-corrected chi connectivity index (χ3v) is 3.00. The van der Waals surface area contributed by atoms with E-state index in [2.05, 4.69) is 0 Å². The molecule has 0 saturated heterocycles. The molecule has 4 nitrogen and oxygen atoms in total. The average molecular weight is 254 g/mol. The lowest BCUT2D eigenvalue weighted by molar-refractivity contribution is -0.126. The summed E-state index contributed by atoms with van der Waals surface area (Å²) in [6.07, 6.45) is 0.283. The number of ether oxygens (including phenoxy) is 1. The van der Waals surface area contributed by atoms with Crippen molar-refractivity contribution in [1.82, 2.24) is 0 Å². The highest BCUT2D eigenvalue weighted by molar-refractivity contribution is 5.79. The van der Waals surface area contributed by atoms with Crippen LogP contribution in [0.3, 0.4) is 0 Å². The maximum atomic E-state index is 13.8. The summed E-state index contributed by atoms with van der Waals surface area (Å²) in [6.45, 7) is 3.38. The molecule has 1 atom stereocenters. The first-order valence-electron chi connectivity index (χ1n) is 5.67. The first-order chi connectivity index (χ1) is 8.27. The number of carbonyl (C=O) groups excluding carboxylic acids is 1. The average Bonchev–Trinajstić information content (AvgIpc) is 2.27. The molecule has 1 rings (SSSR count). The van der Waals surface area contributed by atoms with Crippen LogP contribution in [0, 0.1) is 11.2 Å². The highest BCUT2D eigenvalue weighted by Gasteiger charge is 2.29. The Morgan fingerprint density at radius 3 is 2.56 bits per heavy atom. The van der Waals surface area contributed by atoms with Crippen molar-refractivity contribution in [3.8, 4) is 5.75 Å². The van der Waals surface area contributed by atoms with Gasteiger partial charge in [-0.3, -0.25) is 4.79 Å². The Morgan fingerprint density at radius 2 is 2.11 bits per heavy atom. The minimum atomic E-state index is -0.772. The van der Waals surface area contributed by atoms with E-state index >= 15 is 0 Å². The van der Waals surface area contributed by atoms with E-state index in [1.807, 2.05) is 0 Å². The SMILES string of the molecule is COc1ccc(C(N)CC(C)(C)C(N)=O)c(F)c1. The van der Waals surface area contributed by atoms with E-state index in [1.165, 1.54) is 13.2 Å². The van der Waals surface area contributed by atoms with Gasteiger partial charge in [0.15, 0.2) is 0 Å². The highest BCUT2D eigenvalue weighted by atomic mass is 19.1. The Balaban J connectivity index is 2.91. The van der Waals surface area contributed by atoms with Crippen molar-refractivity contribution < 1.29 is 13.9 Å². The fourth-order valence-electron chi connectivity index (χ4n) is 1.70. The Bertz CT molecular complexity index is 447. The minimum absolute atomic E-state index is 0.283. The lowest BCUT2D eigenvalue weighted by atomic mass is 9.83. The molecule has 0 aliphatic carbocycles. The van der Waals surface area contributed by atoms with E-state index in [4.69, 9.17) is 16.2 Å². The molecular weight excluding hydrogens is 235 g/mol. The summed E-state index contributed by atoms with van der Waals surface area (Å²) in [6, 6.07) is 3.89. The third kappa shape index (κ3) is 3.20. The quantitative estimate of drug-likeness (QED) is 0.840. The van der Waals surface area contributed by atoms with Crippen molar-refractivity contribution in [2.75, 3.05) is 7.11 Å². The van der Waals surface area contributed by atoms with Crippen LogP contribution in [0.1, 0.15) is 31.9 Å². The Labute approximate surface area is 106 Å². The molecule has 1 aromatic rings. The van der Waals surface area contributed by atoms with Crippen molar-refractivity contribution in [1.29, 1.82) is 0 Å². The number of halogens is 1. The fraction of sp³-hybridized carbons (Fsp3) is 0.462. The van der Waals surface area contributed by atoms with Crippen molar-refractivity contribution >= 4 is 5.91 Å². The highest BCUT2D eigenvalue weighted by Crippen LogP contribution is 2.30. The second kappa shape index (κ2) is 5.35. The molecule has 0 heterocycles. The summed E-state index contributed by atoms with van der Waals surface area (Å²) < 4.78 is 18.7. The molecule has 4 N–H and O–H groups in total. The van der Waals surface area contributed by atoms with Gasteiger partial charge in [-0.2, -0.15) is 0 Å². The first-order valence-corrected chi connectivity index (χ1v) is 5.67.